The average Bonchev–Trinajstić information content (AvgIpc) is 2.86. The fraction of sp³-hybridized carbons (Fsp3) is 0.875. The van der Waals surface area contributed by atoms with Crippen molar-refractivity contribution < 1.29 is 38.1 Å². The van der Waals surface area contributed by atoms with E-state index < -0.39 is 17.5 Å². The Kier molecular flexibility index (Phi) is 12.6. The van der Waals surface area contributed by atoms with E-state index >= 15 is 0 Å². The minimum atomic E-state index is -0.494. The summed E-state index contributed by atoms with van der Waals surface area (Å²) in [5, 5.41) is 0. The molecule has 42 heavy (non-hydrogen) atoms. The van der Waals surface area contributed by atoms with Crippen molar-refractivity contribution in [2.24, 2.45) is 0 Å². The molecule has 0 amide bonds. The van der Waals surface area contributed by atoms with Crippen LogP contribution in [-0.4, -0.2) is 101 Å². The summed E-state index contributed by atoms with van der Waals surface area (Å²) in [6, 6.07) is 0. The average molecular weight is 597 g/mol. The van der Waals surface area contributed by atoms with Gasteiger partial charge in [-0.05, 0) is 88.0 Å². The van der Waals surface area contributed by atoms with E-state index in [1.54, 1.807) is 7.11 Å². The van der Waals surface area contributed by atoms with Gasteiger partial charge in [0.05, 0.1) is 30.9 Å². The van der Waals surface area contributed by atoms with Gasteiger partial charge in [0.2, 0.25) is 0 Å². The molecule has 1 atom stereocenters. The largest absolute Gasteiger partial charge is 0.464 e. The molecule has 0 bridgehead atoms. The van der Waals surface area contributed by atoms with E-state index in [9.17, 15) is 19.2 Å². The zero-order valence-electron chi connectivity index (χ0n) is 27.8. The van der Waals surface area contributed by atoms with Crippen LogP contribution in [0.5, 0.6) is 0 Å². The SMILES string of the molecule is COC1CC(C)(C)N(CCOC(=O)CCC(=O)OCCN2C(C)(C)CCC(OC(=O)CCC(C)=O)C2(C)C)C(C)(C)C1. The highest BCUT2D eigenvalue weighted by Crippen LogP contribution is 2.40. The summed E-state index contributed by atoms with van der Waals surface area (Å²) >= 11 is 0. The molecule has 0 aromatic rings. The van der Waals surface area contributed by atoms with Crippen molar-refractivity contribution in [2.45, 2.75) is 148 Å². The number of hydrogen-bond acceptors (Lipinski definition) is 10. The second-order valence-corrected chi connectivity index (χ2v) is 14.3. The maximum Gasteiger partial charge on any atom is 0.306 e. The van der Waals surface area contributed by atoms with E-state index in [4.69, 9.17) is 18.9 Å². The van der Waals surface area contributed by atoms with Crippen molar-refractivity contribution in [3.8, 4) is 0 Å². The van der Waals surface area contributed by atoms with Gasteiger partial charge in [0.1, 0.15) is 25.1 Å². The molecule has 0 aromatic carbocycles. The molecule has 2 heterocycles. The molecule has 0 spiro atoms. The smallest absolute Gasteiger partial charge is 0.306 e. The maximum atomic E-state index is 12.4. The quantitative estimate of drug-likeness (QED) is 0.211. The first-order valence-corrected chi connectivity index (χ1v) is 15.4. The summed E-state index contributed by atoms with van der Waals surface area (Å²) in [4.78, 5) is 53.0. The van der Waals surface area contributed by atoms with E-state index in [1.165, 1.54) is 6.92 Å². The molecule has 10 heteroatoms. The third kappa shape index (κ3) is 10.0. The molecule has 2 aliphatic heterocycles. The highest BCUT2D eigenvalue weighted by molar-refractivity contribution is 5.81. The van der Waals surface area contributed by atoms with E-state index in [0.29, 0.717) is 19.5 Å². The van der Waals surface area contributed by atoms with Crippen LogP contribution in [0.3, 0.4) is 0 Å². The van der Waals surface area contributed by atoms with E-state index in [0.717, 1.165) is 19.3 Å². The lowest BCUT2D eigenvalue weighted by molar-refractivity contribution is -0.172. The van der Waals surface area contributed by atoms with Crippen molar-refractivity contribution in [1.82, 2.24) is 9.80 Å². The molecule has 2 aliphatic rings. The zero-order chi connectivity index (χ0) is 31.9. The van der Waals surface area contributed by atoms with Gasteiger partial charge >= 0.3 is 17.9 Å². The molecule has 0 saturated carbocycles. The van der Waals surface area contributed by atoms with Crippen LogP contribution in [0, 0.1) is 0 Å². The number of methoxy groups -OCH3 is 1. The zero-order valence-corrected chi connectivity index (χ0v) is 27.8. The van der Waals surface area contributed by atoms with Crippen molar-refractivity contribution in [1.29, 1.82) is 0 Å². The summed E-state index contributed by atoms with van der Waals surface area (Å²) in [6.07, 6.45) is 3.38. The predicted octanol–water partition coefficient (Wildman–Crippen LogP) is 4.46. The molecule has 2 fully saturated rings. The Labute approximate surface area is 253 Å². The van der Waals surface area contributed by atoms with Gasteiger partial charge in [0.25, 0.3) is 0 Å². The molecule has 242 valence electrons. The number of carbonyl (C=O) groups is 4. The number of ether oxygens (including phenoxy) is 4. The summed E-state index contributed by atoms with van der Waals surface area (Å²) in [7, 11) is 1.75. The normalized spacial score (nSPS) is 23.6. The molecule has 2 rings (SSSR count). The molecule has 0 radical (unpaired) electrons. The molecule has 10 nitrogen and oxygen atoms in total. The van der Waals surface area contributed by atoms with Gasteiger partial charge in [-0.25, -0.2) is 0 Å². The van der Waals surface area contributed by atoms with E-state index in [2.05, 4.69) is 51.3 Å². The van der Waals surface area contributed by atoms with Gasteiger partial charge < -0.3 is 23.7 Å². The van der Waals surface area contributed by atoms with Crippen LogP contribution in [0.25, 0.3) is 0 Å². The Morgan fingerprint density at radius 1 is 0.690 bits per heavy atom. The molecule has 0 aromatic heterocycles. The first-order valence-electron chi connectivity index (χ1n) is 15.4. The minimum absolute atomic E-state index is 0.0314. The number of esters is 3. The van der Waals surface area contributed by atoms with Gasteiger partial charge in [0, 0.05) is 43.2 Å². The summed E-state index contributed by atoms with van der Waals surface area (Å²) in [5.41, 5.74) is -0.865. The maximum absolute atomic E-state index is 12.4. The van der Waals surface area contributed by atoms with Gasteiger partial charge in [-0.15, -0.1) is 0 Å². The van der Waals surface area contributed by atoms with Crippen LogP contribution >= 0.6 is 0 Å². The predicted molar refractivity (Wildman–Crippen MR) is 160 cm³/mol. The molecule has 0 N–H and O–H groups in total. The Balaban J connectivity index is 1.78. The number of piperidine rings is 2. The summed E-state index contributed by atoms with van der Waals surface area (Å²) < 4.78 is 22.4. The van der Waals surface area contributed by atoms with Gasteiger partial charge in [0.15, 0.2) is 0 Å². The van der Waals surface area contributed by atoms with Crippen LogP contribution in [0.1, 0.15) is 114 Å². The highest BCUT2D eigenvalue weighted by atomic mass is 16.5. The van der Waals surface area contributed by atoms with Crippen molar-refractivity contribution in [2.75, 3.05) is 33.4 Å². The Morgan fingerprint density at radius 2 is 1.17 bits per heavy atom. The number of ketones is 1. The molecule has 0 aliphatic carbocycles. The number of carbonyl (C=O) groups excluding carboxylic acids is 4. The van der Waals surface area contributed by atoms with Gasteiger partial charge in [-0.2, -0.15) is 0 Å². The van der Waals surface area contributed by atoms with Crippen LogP contribution in [0.4, 0.5) is 0 Å². The van der Waals surface area contributed by atoms with E-state index in [-0.39, 0.29) is 79.5 Å². The Morgan fingerprint density at radius 3 is 1.64 bits per heavy atom. The second-order valence-electron chi connectivity index (χ2n) is 14.3. The monoisotopic (exact) mass is 596 g/mol. The third-order valence-electron chi connectivity index (χ3n) is 9.13. The number of hydrogen-bond donors (Lipinski definition) is 0. The van der Waals surface area contributed by atoms with Crippen molar-refractivity contribution >= 4 is 23.7 Å². The number of Topliss-reactive ketones (excluding diaryl/α,β-unsaturated/α-hetero) is 1. The van der Waals surface area contributed by atoms with E-state index in [1.807, 2.05) is 13.8 Å². The molecular weight excluding hydrogens is 540 g/mol. The highest BCUT2D eigenvalue weighted by Gasteiger charge is 2.49. The van der Waals surface area contributed by atoms with Crippen LogP contribution in [0.15, 0.2) is 0 Å². The van der Waals surface area contributed by atoms with Crippen molar-refractivity contribution in [3.05, 3.63) is 0 Å². The summed E-state index contributed by atoms with van der Waals surface area (Å²) in [6.45, 7) is 20.0. The lowest BCUT2D eigenvalue weighted by Gasteiger charge is -2.55. The first-order chi connectivity index (χ1) is 19.3. The van der Waals surface area contributed by atoms with Crippen LogP contribution in [-0.2, 0) is 38.1 Å². The molecular formula is C32H56N2O8. The standard InChI is InChI=1S/C32H56N2O8/c1-23(35)11-12-28(38)42-25-15-16-29(2,3)34(32(25,8)9)18-20-41-27(37)14-13-26(36)40-19-17-33-30(4,5)21-24(39-10)22-31(33,6)7/h24-25H,11-22H2,1-10H3. The number of nitrogens with zero attached hydrogens (tertiary/aromatic N) is 2. The van der Waals surface area contributed by atoms with Gasteiger partial charge in [-0.3, -0.25) is 24.2 Å². The number of likely N-dealkylation sites (tertiary alicyclic amines) is 2. The number of rotatable bonds is 14. The third-order valence-corrected chi connectivity index (χ3v) is 9.13. The minimum Gasteiger partial charge on any atom is -0.464 e. The first kappa shape index (κ1) is 36.2. The lowest BCUT2D eigenvalue weighted by Crippen LogP contribution is -2.65. The fourth-order valence-corrected chi connectivity index (χ4v) is 7.06. The van der Waals surface area contributed by atoms with Crippen LogP contribution in [0.2, 0.25) is 0 Å². The Hall–Kier alpha value is -2.04. The fourth-order valence-electron chi connectivity index (χ4n) is 7.06. The van der Waals surface area contributed by atoms with Crippen molar-refractivity contribution in [3.63, 3.8) is 0 Å². The molecule has 1 unspecified atom stereocenters. The van der Waals surface area contributed by atoms with Gasteiger partial charge in [-0.1, -0.05) is 0 Å². The second kappa shape index (κ2) is 14.6. The summed E-state index contributed by atoms with van der Waals surface area (Å²) in [5.74, 6) is -1.28. The Bertz CT molecular complexity index is 940. The van der Waals surface area contributed by atoms with Crippen LogP contribution < -0.4 is 0 Å². The lowest BCUT2D eigenvalue weighted by atomic mass is 9.77. The topological polar surface area (TPSA) is 112 Å². The molecule has 2 saturated heterocycles.